The van der Waals surface area contributed by atoms with E-state index in [2.05, 4.69) is 5.32 Å². The maximum atomic E-state index is 13.1. The van der Waals surface area contributed by atoms with E-state index in [0.717, 1.165) is 25.0 Å². The first-order valence-corrected chi connectivity index (χ1v) is 5.04. The summed E-state index contributed by atoms with van der Waals surface area (Å²) in [6.45, 7) is 0. The summed E-state index contributed by atoms with van der Waals surface area (Å²) in [6, 6.07) is 3.73. The Hall–Kier alpha value is -1.40. The minimum Gasteiger partial charge on any atom is -0.423 e. The van der Waals surface area contributed by atoms with Gasteiger partial charge in [0.25, 0.3) is 5.91 Å². The van der Waals surface area contributed by atoms with E-state index < -0.39 is 12.9 Å². The van der Waals surface area contributed by atoms with Crippen LogP contribution < -0.4 is 10.8 Å². The molecule has 0 bridgehead atoms. The van der Waals surface area contributed by atoms with Crippen molar-refractivity contribution in [3.63, 3.8) is 0 Å². The number of carbonyl (C=O) groups excluding carboxylic acids is 1. The first-order valence-electron chi connectivity index (χ1n) is 5.04. The lowest BCUT2D eigenvalue weighted by Gasteiger charge is -2.06. The van der Waals surface area contributed by atoms with Crippen LogP contribution in [-0.2, 0) is 0 Å². The van der Waals surface area contributed by atoms with Crippen molar-refractivity contribution in [3.05, 3.63) is 29.6 Å². The lowest BCUT2D eigenvalue weighted by atomic mass is 9.79. The molecule has 1 aromatic rings. The highest BCUT2D eigenvalue weighted by Gasteiger charge is 2.25. The van der Waals surface area contributed by atoms with Gasteiger partial charge in [-0.15, -0.1) is 0 Å². The van der Waals surface area contributed by atoms with Gasteiger partial charge >= 0.3 is 7.12 Å². The fraction of sp³-hybridized carbons (Fsp3) is 0.300. The molecular weight excluding hydrogens is 212 g/mol. The Morgan fingerprint density at radius 3 is 2.69 bits per heavy atom. The number of benzene rings is 1. The Bertz CT molecular complexity index is 421. The summed E-state index contributed by atoms with van der Waals surface area (Å²) in [6.07, 6.45) is 1.92. The molecule has 1 aliphatic rings. The minimum atomic E-state index is -1.91. The third-order valence-electron chi connectivity index (χ3n) is 2.45. The van der Waals surface area contributed by atoms with Gasteiger partial charge in [0.05, 0.1) is 0 Å². The summed E-state index contributed by atoms with van der Waals surface area (Å²) >= 11 is 0. The number of carbonyl (C=O) groups is 1. The molecule has 0 atom stereocenters. The average molecular weight is 223 g/mol. The Labute approximate surface area is 92.2 Å². The van der Waals surface area contributed by atoms with Gasteiger partial charge in [-0.05, 0) is 31.0 Å². The molecule has 1 saturated carbocycles. The van der Waals surface area contributed by atoms with Gasteiger partial charge in [0.1, 0.15) is 5.82 Å². The molecule has 0 radical (unpaired) electrons. The van der Waals surface area contributed by atoms with Gasteiger partial charge in [0, 0.05) is 17.1 Å². The van der Waals surface area contributed by atoms with Crippen LogP contribution in [-0.4, -0.2) is 29.1 Å². The largest absolute Gasteiger partial charge is 0.491 e. The van der Waals surface area contributed by atoms with Crippen LogP contribution in [0.4, 0.5) is 4.39 Å². The molecule has 0 unspecified atom stereocenters. The molecule has 1 aromatic carbocycles. The van der Waals surface area contributed by atoms with Crippen LogP contribution in [0.3, 0.4) is 0 Å². The van der Waals surface area contributed by atoms with Crippen LogP contribution in [0.5, 0.6) is 0 Å². The molecule has 1 fully saturated rings. The van der Waals surface area contributed by atoms with Crippen LogP contribution in [0, 0.1) is 5.82 Å². The molecule has 3 N–H and O–H groups in total. The van der Waals surface area contributed by atoms with E-state index >= 15 is 0 Å². The van der Waals surface area contributed by atoms with Crippen LogP contribution in [0.1, 0.15) is 23.2 Å². The highest BCUT2D eigenvalue weighted by molar-refractivity contribution is 6.58. The van der Waals surface area contributed by atoms with Crippen molar-refractivity contribution in [1.29, 1.82) is 0 Å². The molecule has 0 spiro atoms. The van der Waals surface area contributed by atoms with Crippen LogP contribution >= 0.6 is 0 Å². The quantitative estimate of drug-likeness (QED) is 0.599. The maximum absolute atomic E-state index is 13.1. The van der Waals surface area contributed by atoms with Crippen molar-refractivity contribution in [3.8, 4) is 0 Å². The third-order valence-corrected chi connectivity index (χ3v) is 2.45. The van der Waals surface area contributed by atoms with Gasteiger partial charge in [-0.3, -0.25) is 4.79 Å². The average Bonchev–Trinajstić information content (AvgIpc) is 3.01. The number of amides is 1. The van der Waals surface area contributed by atoms with Crippen molar-refractivity contribution >= 4 is 18.5 Å². The smallest absolute Gasteiger partial charge is 0.423 e. The van der Waals surface area contributed by atoms with E-state index in [1.165, 1.54) is 6.07 Å². The van der Waals surface area contributed by atoms with Crippen molar-refractivity contribution in [2.45, 2.75) is 18.9 Å². The Balaban J connectivity index is 2.20. The van der Waals surface area contributed by atoms with Crippen LogP contribution in [0.15, 0.2) is 18.2 Å². The van der Waals surface area contributed by atoms with Gasteiger partial charge in [-0.25, -0.2) is 4.39 Å². The topological polar surface area (TPSA) is 69.6 Å². The Kier molecular flexibility index (Phi) is 2.94. The fourth-order valence-electron chi connectivity index (χ4n) is 1.38. The third kappa shape index (κ3) is 2.40. The van der Waals surface area contributed by atoms with E-state index in [1.54, 1.807) is 0 Å². The predicted molar refractivity (Wildman–Crippen MR) is 56.7 cm³/mol. The molecule has 6 heteroatoms. The van der Waals surface area contributed by atoms with Crippen molar-refractivity contribution in [2.24, 2.45) is 0 Å². The van der Waals surface area contributed by atoms with Crippen molar-refractivity contribution in [2.75, 3.05) is 0 Å². The Morgan fingerprint density at radius 2 is 2.12 bits per heavy atom. The molecule has 2 rings (SSSR count). The van der Waals surface area contributed by atoms with Gasteiger partial charge in [0.2, 0.25) is 0 Å². The van der Waals surface area contributed by atoms with E-state index in [4.69, 9.17) is 10.0 Å². The van der Waals surface area contributed by atoms with Gasteiger partial charge in [0.15, 0.2) is 0 Å². The van der Waals surface area contributed by atoms with Gasteiger partial charge in [-0.1, -0.05) is 0 Å². The van der Waals surface area contributed by atoms with E-state index in [1.807, 2.05) is 0 Å². The summed E-state index contributed by atoms with van der Waals surface area (Å²) in [5.41, 5.74) is -0.0557. The van der Waals surface area contributed by atoms with Crippen LogP contribution in [0.2, 0.25) is 0 Å². The lowest BCUT2D eigenvalue weighted by molar-refractivity contribution is 0.0951. The highest BCUT2D eigenvalue weighted by Crippen LogP contribution is 2.19. The summed E-state index contributed by atoms with van der Waals surface area (Å²) in [4.78, 5) is 11.6. The number of halogens is 1. The van der Waals surface area contributed by atoms with Gasteiger partial charge < -0.3 is 15.4 Å². The molecule has 0 aromatic heterocycles. The standard InChI is InChI=1S/C10H11BFNO3/c12-9-4-1-6(5-8(9)11(15)16)10(14)13-7-2-3-7/h1,4-5,7,15-16H,2-3H2,(H,13,14). The fourth-order valence-corrected chi connectivity index (χ4v) is 1.38. The second-order valence-corrected chi connectivity index (χ2v) is 3.86. The minimum absolute atomic E-state index is 0.208. The zero-order valence-electron chi connectivity index (χ0n) is 8.48. The molecular formula is C10H11BFNO3. The number of nitrogens with one attached hydrogen (secondary N) is 1. The molecule has 16 heavy (non-hydrogen) atoms. The molecule has 1 aliphatic carbocycles. The molecule has 4 nitrogen and oxygen atoms in total. The molecule has 0 saturated heterocycles. The zero-order chi connectivity index (χ0) is 11.7. The van der Waals surface area contributed by atoms with Crippen molar-refractivity contribution < 1.29 is 19.2 Å². The Morgan fingerprint density at radius 1 is 1.44 bits per heavy atom. The molecule has 1 amide bonds. The van der Waals surface area contributed by atoms with Crippen molar-refractivity contribution in [1.82, 2.24) is 5.32 Å². The van der Waals surface area contributed by atoms with E-state index in [-0.39, 0.29) is 23.0 Å². The second-order valence-electron chi connectivity index (χ2n) is 3.86. The number of rotatable bonds is 3. The highest BCUT2D eigenvalue weighted by atomic mass is 19.1. The normalized spacial score (nSPS) is 14.7. The monoisotopic (exact) mass is 223 g/mol. The predicted octanol–water partition coefficient (Wildman–Crippen LogP) is -0.602. The summed E-state index contributed by atoms with van der Waals surface area (Å²) in [5.74, 6) is -1.05. The maximum Gasteiger partial charge on any atom is 0.491 e. The van der Waals surface area contributed by atoms with E-state index in [0.29, 0.717) is 0 Å². The first-order chi connectivity index (χ1) is 7.58. The molecule has 0 heterocycles. The molecule has 84 valence electrons. The lowest BCUT2D eigenvalue weighted by Crippen LogP contribution is -2.34. The SMILES string of the molecule is O=C(NC1CC1)c1ccc(F)c(B(O)O)c1. The summed E-state index contributed by atoms with van der Waals surface area (Å²) < 4.78 is 13.1. The van der Waals surface area contributed by atoms with Crippen LogP contribution in [0.25, 0.3) is 0 Å². The summed E-state index contributed by atoms with van der Waals surface area (Å²) in [7, 11) is -1.91. The first kappa shape index (κ1) is 11.1. The number of hydrogen-bond donors (Lipinski definition) is 3. The molecule has 0 aliphatic heterocycles. The second kappa shape index (κ2) is 4.23. The van der Waals surface area contributed by atoms with Gasteiger partial charge in [-0.2, -0.15) is 0 Å². The number of hydrogen-bond acceptors (Lipinski definition) is 3. The summed E-state index contributed by atoms with van der Waals surface area (Å²) in [5, 5.41) is 20.5. The zero-order valence-corrected chi connectivity index (χ0v) is 8.48. The van der Waals surface area contributed by atoms with E-state index in [9.17, 15) is 9.18 Å².